The monoisotopic (exact) mass is 458 g/mol. The Morgan fingerprint density at radius 1 is 0.906 bits per heavy atom. The van der Waals surface area contributed by atoms with Gasteiger partial charge in [0.25, 0.3) is 0 Å². The van der Waals surface area contributed by atoms with Crippen LogP contribution in [-0.4, -0.2) is 33.2 Å². The first-order valence-corrected chi connectivity index (χ1v) is 12.7. The molecule has 0 radical (unpaired) electrons. The van der Waals surface area contributed by atoms with E-state index < -0.39 is 15.6 Å². The summed E-state index contributed by atoms with van der Waals surface area (Å²) < 4.78 is 33.8. The van der Waals surface area contributed by atoms with Crippen molar-refractivity contribution in [2.75, 3.05) is 13.1 Å². The Morgan fingerprint density at radius 3 is 2.12 bits per heavy atom. The molecule has 3 rings (SSSR count). The van der Waals surface area contributed by atoms with Crippen molar-refractivity contribution in [2.45, 2.75) is 57.0 Å². The Kier molecular flexibility index (Phi) is 7.96. The van der Waals surface area contributed by atoms with Crippen molar-refractivity contribution >= 4 is 16.1 Å². The second-order valence-corrected chi connectivity index (χ2v) is 11.3. The van der Waals surface area contributed by atoms with Gasteiger partial charge in [0, 0.05) is 13.1 Å². The first-order valence-electron chi connectivity index (χ1n) is 11.2. The molecule has 2 aromatic carbocycles. The van der Waals surface area contributed by atoms with Gasteiger partial charge in [-0.1, -0.05) is 42.5 Å². The molecule has 0 spiro atoms. The SMILES string of the molecule is CC(C)(C)OC(=O)NCC1CCC(CNS(=O)(=O)c2cccc(-c3ccccc3)c2)CC1. The molecule has 2 aromatic rings. The van der Waals surface area contributed by atoms with Gasteiger partial charge in [-0.3, -0.25) is 0 Å². The van der Waals surface area contributed by atoms with Gasteiger partial charge in [0.2, 0.25) is 10.0 Å². The van der Waals surface area contributed by atoms with Crippen LogP contribution in [0.1, 0.15) is 46.5 Å². The Labute approximate surface area is 191 Å². The summed E-state index contributed by atoms with van der Waals surface area (Å²) in [6.45, 7) is 6.56. The lowest BCUT2D eigenvalue weighted by Gasteiger charge is -2.29. The van der Waals surface area contributed by atoms with Crippen LogP contribution >= 0.6 is 0 Å². The van der Waals surface area contributed by atoms with Gasteiger partial charge in [0.15, 0.2) is 0 Å². The highest BCUT2D eigenvalue weighted by atomic mass is 32.2. The van der Waals surface area contributed by atoms with E-state index in [1.807, 2.05) is 57.2 Å². The van der Waals surface area contributed by atoms with E-state index in [1.54, 1.807) is 18.2 Å². The molecular weight excluding hydrogens is 424 g/mol. The summed E-state index contributed by atoms with van der Waals surface area (Å²) in [7, 11) is -3.57. The molecular formula is C25H34N2O4S. The lowest BCUT2D eigenvalue weighted by Crippen LogP contribution is -2.37. The molecule has 1 aliphatic carbocycles. The summed E-state index contributed by atoms with van der Waals surface area (Å²) >= 11 is 0. The van der Waals surface area contributed by atoms with Crippen molar-refractivity contribution in [3.63, 3.8) is 0 Å². The predicted octanol–water partition coefficient (Wildman–Crippen LogP) is 4.96. The third-order valence-electron chi connectivity index (χ3n) is 5.71. The molecule has 0 unspecified atom stereocenters. The predicted molar refractivity (Wildman–Crippen MR) is 127 cm³/mol. The van der Waals surface area contributed by atoms with Gasteiger partial charge in [-0.25, -0.2) is 17.9 Å². The molecule has 174 valence electrons. The molecule has 0 aliphatic heterocycles. The smallest absolute Gasteiger partial charge is 0.407 e. The van der Waals surface area contributed by atoms with Crippen LogP contribution in [-0.2, 0) is 14.8 Å². The summed E-state index contributed by atoms with van der Waals surface area (Å²) in [5, 5.41) is 2.85. The minimum absolute atomic E-state index is 0.286. The zero-order valence-electron chi connectivity index (χ0n) is 19.1. The fourth-order valence-electron chi connectivity index (χ4n) is 3.97. The van der Waals surface area contributed by atoms with Crippen molar-refractivity contribution < 1.29 is 17.9 Å². The lowest BCUT2D eigenvalue weighted by atomic mass is 9.82. The molecule has 1 aliphatic rings. The number of alkyl carbamates (subject to hydrolysis) is 1. The number of rotatable bonds is 7. The molecule has 0 atom stereocenters. The number of carbonyl (C=O) groups is 1. The van der Waals surface area contributed by atoms with Gasteiger partial charge in [-0.15, -0.1) is 0 Å². The van der Waals surface area contributed by atoms with Crippen LogP contribution in [0.15, 0.2) is 59.5 Å². The lowest BCUT2D eigenvalue weighted by molar-refractivity contribution is 0.0513. The second kappa shape index (κ2) is 10.5. The first kappa shape index (κ1) is 24.3. The van der Waals surface area contributed by atoms with E-state index >= 15 is 0 Å². The van der Waals surface area contributed by atoms with Crippen molar-refractivity contribution in [3.05, 3.63) is 54.6 Å². The molecule has 6 nitrogen and oxygen atoms in total. The second-order valence-electron chi connectivity index (χ2n) is 9.52. The standard InChI is InChI=1S/C25H34N2O4S/c1-25(2,3)31-24(28)26-17-19-12-14-20(15-13-19)18-27-32(29,30)23-11-7-10-22(16-23)21-8-5-4-6-9-21/h4-11,16,19-20,27H,12-15,17-18H2,1-3H3,(H,26,28). The third-order valence-corrected chi connectivity index (χ3v) is 7.14. The summed E-state index contributed by atoms with van der Waals surface area (Å²) in [6.07, 6.45) is 3.42. The number of hydrogen-bond donors (Lipinski definition) is 2. The molecule has 32 heavy (non-hydrogen) atoms. The maximum Gasteiger partial charge on any atom is 0.407 e. The fourth-order valence-corrected chi connectivity index (χ4v) is 5.13. The van der Waals surface area contributed by atoms with E-state index in [9.17, 15) is 13.2 Å². The van der Waals surface area contributed by atoms with Crippen molar-refractivity contribution in [3.8, 4) is 11.1 Å². The Balaban J connectivity index is 1.47. The highest BCUT2D eigenvalue weighted by molar-refractivity contribution is 7.89. The number of carbonyl (C=O) groups excluding carboxylic acids is 1. The quantitative estimate of drug-likeness (QED) is 0.614. The van der Waals surface area contributed by atoms with Crippen LogP contribution in [0.3, 0.4) is 0 Å². The van der Waals surface area contributed by atoms with E-state index in [-0.39, 0.29) is 11.0 Å². The molecule has 2 N–H and O–H groups in total. The van der Waals surface area contributed by atoms with Crippen molar-refractivity contribution in [2.24, 2.45) is 11.8 Å². The van der Waals surface area contributed by atoms with Gasteiger partial charge in [-0.2, -0.15) is 0 Å². The van der Waals surface area contributed by atoms with Gasteiger partial charge in [0.1, 0.15) is 5.60 Å². The van der Waals surface area contributed by atoms with Crippen LogP contribution in [0.4, 0.5) is 4.79 Å². The largest absolute Gasteiger partial charge is 0.444 e. The van der Waals surface area contributed by atoms with Crippen LogP contribution < -0.4 is 10.0 Å². The van der Waals surface area contributed by atoms with Gasteiger partial charge in [0.05, 0.1) is 4.90 Å². The number of nitrogens with one attached hydrogen (secondary N) is 2. The topological polar surface area (TPSA) is 84.5 Å². The van der Waals surface area contributed by atoms with Crippen LogP contribution in [0.2, 0.25) is 0 Å². The van der Waals surface area contributed by atoms with Crippen LogP contribution in [0, 0.1) is 11.8 Å². The third kappa shape index (κ3) is 7.35. The van der Waals surface area contributed by atoms with Crippen molar-refractivity contribution in [1.29, 1.82) is 0 Å². The first-order chi connectivity index (χ1) is 15.1. The maximum atomic E-state index is 12.8. The maximum absolute atomic E-state index is 12.8. The number of amides is 1. The Hall–Kier alpha value is -2.38. The number of ether oxygens (including phenoxy) is 1. The molecule has 7 heteroatoms. The minimum Gasteiger partial charge on any atom is -0.444 e. The molecule has 0 heterocycles. The average Bonchev–Trinajstić information content (AvgIpc) is 2.77. The summed E-state index contributed by atoms with van der Waals surface area (Å²) in [4.78, 5) is 12.1. The molecule has 0 aromatic heterocycles. The summed E-state index contributed by atoms with van der Waals surface area (Å²) in [5.41, 5.74) is 1.37. The van der Waals surface area contributed by atoms with E-state index in [2.05, 4.69) is 10.0 Å². The molecule has 1 saturated carbocycles. The van der Waals surface area contributed by atoms with Crippen LogP contribution in [0.5, 0.6) is 0 Å². The summed E-state index contributed by atoms with van der Waals surface area (Å²) in [5.74, 6) is 0.706. The number of benzene rings is 2. The minimum atomic E-state index is -3.57. The fraction of sp³-hybridized carbons (Fsp3) is 0.480. The average molecular weight is 459 g/mol. The Morgan fingerprint density at radius 2 is 1.50 bits per heavy atom. The van der Waals surface area contributed by atoms with Crippen molar-refractivity contribution in [1.82, 2.24) is 10.0 Å². The highest BCUT2D eigenvalue weighted by Crippen LogP contribution is 2.29. The zero-order valence-corrected chi connectivity index (χ0v) is 20.0. The van der Waals surface area contributed by atoms with E-state index in [0.717, 1.165) is 36.8 Å². The molecule has 1 amide bonds. The van der Waals surface area contributed by atoms with Gasteiger partial charge < -0.3 is 10.1 Å². The molecule has 1 fully saturated rings. The normalized spacial score (nSPS) is 19.3. The Bertz CT molecular complexity index is 992. The molecule has 0 saturated heterocycles. The number of sulfonamides is 1. The molecule has 0 bridgehead atoms. The van der Waals surface area contributed by atoms with E-state index in [1.165, 1.54) is 0 Å². The highest BCUT2D eigenvalue weighted by Gasteiger charge is 2.24. The van der Waals surface area contributed by atoms with E-state index in [0.29, 0.717) is 24.9 Å². The van der Waals surface area contributed by atoms with Crippen LogP contribution in [0.25, 0.3) is 11.1 Å². The van der Waals surface area contributed by atoms with Gasteiger partial charge >= 0.3 is 6.09 Å². The van der Waals surface area contributed by atoms with Gasteiger partial charge in [-0.05, 0) is 81.5 Å². The summed E-state index contributed by atoms with van der Waals surface area (Å²) in [6, 6.07) is 16.8. The van der Waals surface area contributed by atoms with E-state index in [4.69, 9.17) is 4.74 Å². The number of hydrogen-bond acceptors (Lipinski definition) is 4. The zero-order chi connectivity index (χ0) is 23.2.